The molecule has 1 aliphatic carbocycles. The molecule has 0 fully saturated rings. The van der Waals surface area contributed by atoms with Gasteiger partial charge in [-0.1, -0.05) is 0 Å². The van der Waals surface area contributed by atoms with Gasteiger partial charge in [0.05, 0.1) is 0 Å². The lowest BCUT2D eigenvalue weighted by atomic mass is 9.95. The summed E-state index contributed by atoms with van der Waals surface area (Å²) in [4.78, 5) is 13.1. The second-order valence-corrected chi connectivity index (χ2v) is 6.46. The quantitative estimate of drug-likeness (QED) is 0.835. The van der Waals surface area contributed by atoms with Crippen LogP contribution in [-0.2, 0) is 17.6 Å². The predicted octanol–water partition coefficient (Wildman–Crippen LogP) is 3.13. The molecule has 1 amide bonds. The maximum atomic E-state index is 11.6. The topological polar surface area (TPSA) is 38.3 Å². The number of fused-ring (bicyclic) bond motifs is 1. The first-order valence-corrected chi connectivity index (χ1v) is 6.87. The van der Waals surface area contributed by atoms with Crippen LogP contribution in [0.15, 0.2) is 11.4 Å². The lowest BCUT2D eigenvalue weighted by Gasteiger charge is -2.26. The Morgan fingerprint density at radius 3 is 3.00 bits per heavy atom. The number of rotatable bonds is 1. The van der Waals surface area contributed by atoms with Crippen molar-refractivity contribution in [3.63, 3.8) is 0 Å². The van der Waals surface area contributed by atoms with Crippen LogP contribution in [0.2, 0.25) is 0 Å². The van der Waals surface area contributed by atoms with Gasteiger partial charge in [0.2, 0.25) is 0 Å². The fourth-order valence-corrected chi connectivity index (χ4v) is 2.97. The van der Waals surface area contributed by atoms with Crippen molar-refractivity contribution in [2.45, 2.75) is 51.7 Å². The van der Waals surface area contributed by atoms with Crippen molar-refractivity contribution < 1.29 is 9.53 Å². The maximum Gasteiger partial charge on any atom is 0.407 e. The zero-order valence-corrected chi connectivity index (χ0v) is 11.4. The Bertz CT molecular complexity index is 406. The highest BCUT2D eigenvalue weighted by Gasteiger charge is 2.23. The fourth-order valence-electron chi connectivity index (χ4n) is 2.04. The van der Waals surface area contributed by atoms with E-state index in [1.165, 1.54) is 10.4 Å². The van der Waals surface area contributed by atoms with Crippen LogP contribution in [0, 0.1) is 0 Å². The van der Waals surface area contributed by atoms with Crippen LogP contribution in [-0.4, -0.2) is 17.7 Å². The van der Waals surface area contributed by atoms with E-state index in [0.29, 0.717) is 0 Å². The highest BCUT2D eigenvalue weighted by molar-refractivity contribution is 7.10. The summed E-state index contributed by atoms with van der Waals surface area (Å²) in [5.41, 5.74) is 0.953. The highest BCUT2D eigenvalue weighted by Crippen LogP contribution is 2.26. The number of thiophene rings is 1. The molecule has 0 bridgehead atoms. The minimum atomic E-state index is -0.424. The van der Waals surface area contributed by atoms with Crippen LogP contribution in [0.25, 0.3) is 0 Å². The Labute approximate surface area is 106 Å². The molecule has 0 saturated heterocycles. The maximum absolute atomic E-state index is 11.6. The molecular weight excluding hydrogens is 234 g/mol. The van der Waals surface area contributed by atoms with Crippen LogP contribution in [0.1, 0.15) is 37.6 Å². The molecule has 2 rings (SSSR count). The van der Waals surface area contributed by atoms with E-state index >= 15 is 0 Å². The van der Waals surface area contributed by atoms with E-state index in [-0.39, 0.29) is 12.1 Å². The smallest absolute Gasteiger partial charge is 0.407 e. The number of alkyl carbamates (subject to hydrolysis) is 1. The average molecular weight is 253 g/mol. The van der Waals surface area contributed by atoms with Gasteiger partial charge in [-0.3, -0.25) is 0 Å². The number of carbonyl (C=O) groups is 1. The van der Waals surface area contributed by atoms with Crippen molar-refractivity contribution in [2.75, 3.05) is 0 Å². The van der Waals surface area contributed by atoms with Gasteiger partial charge in [-0.25, -0.2) is 4.79 Å². The second kappa shape index (κ2) is 4.69. The number of ether oxygens (including phenoxy) is 1. The van der Waals surface area contributed by atoms with Gasteiger partial charge in [0, 0.05) is 10.9 Å². The van der Waals surface area contributed by atoms with Crippen LogP contribution >= 0.6 is 11.3 Å². The third-order valence-electron chi connectivity index (χ3n) is 2.74. The van der Waals surface area contributed by atoms with Crippen molar-refractivity contribution in [1.29, 1.82) is 0 Å². The molecule has 1 aromatic heterocycles. The molecule has 1 N–H and O–H groups in total. The van der Waals surface area contributed by atoms with Crippen LogP contribution in [0.5, 0.6) is 0 Å². The van der Waals surface area contributed by atoms with Gasteiger partial charge in [0.1, 0.15) is 5.60 Å². The molecule has 1 aromatic rings. The normalized spacial score (nSPS) is 19.6. The molecular formula is C13H19NO2S. The summed E-state index contributed by atoms with van der Waals surface area (Å²) in [6.07, 6.45) is 2.69. The third kappa shape index (κ3) is 3.46. The van der Waals surface area contributed by atoms with Crippen molar-refractivity contribution in [1.82, 2.24) is 5.32 Å². The monoisotopic (exact) mass is 253 g/mol. The van der Waals surface area contributed by atoms with Crippen molar-refractivity contribution in [3.05, 3.63) is 21.9 Å². The molecule has 4 heteroatoms. The summed E-state index contributed by atoms with van der Waals surface area (Å²) in [7, 11) is 0. The number of aryl methyl sites for hydroxylation is 1. The lowest BCUT2D eigenvalue weighted by Crippen LogP contribution is -2.41. The standard InChI is InChI=1S/C13H19NO2S/c1-13(2,3)16-12(15)14-10-4-5-11-9(8-10)6-7-17-11/h6-7,10H,4-5,8H2,1-3H3,(H,14,15)/t10-/m1/s1. The van der Waals surface area contributed by atoms with Gasteiger partial charge in [-0.05, 0) is 57.0 Å². The number of amides is 1. The van der Waals surface area contributed by atoms with Gasteiger partial charge in [0.25, 0.3) is 0 Å². The Morgan fingerprint density at radius 2 is 2.29 bits per heavy atom. The molecule has 1 atom stereocenters. The summed E-state index contributed by atoms with van der Waals surface area (Å²) in [5.74, 6) is 0. The van der Waals surface area contributed by atoms with E-state index in [0.717, 1.165) is 19.3 Å². The SMILES string of the molecule is CC(C)(C)OC(=O)N[C@@H]1CCc2sccc2C1. The number of hydrogen-bond donors (Lipinski definition) is 1. The predicted molar refractivity (Wildman–Crippen MR) is 69.5 cm³/mol. The third-order valence-corrected chi connectivity index (χ3v) is 3.77. The van der Waals surface area contributed by atoms with Crippen LogP contribution in [0.4, 0.5) is 4.79 Å². The van der Waals surface area contributed by atoms with E-state index in [1.807, 2.05) is 32.1 Å². The average Bonchev–Trinajstić information content (AvgIpc) is 2.61. The minimum Gasteiger partial charge on any atom is -0.444 e. The Balaban J connectivity index is 1.88. The molecule has 1 aliphatic rings. The first kappa shape index (κ1) is 12.4. The summed E-state index contributed by atoms with van der Waals surface area (Å²) in [5, 5.41) is 5.08. The van der Waals surface area contributed by atoms with Gasteiger partial charge in [-0.15, -0.1) is 11.3 Å². The minimum absolute atomic E-state index is 0.215. The summed E-state index contributed by atoms with van der Waals surface area (Å²) >= 11 is 1.81. The van der Waals surface area contributed by atoms with Crippen molar-refractivity contribution >= 4 is 17.4 Å². The number of carbonyl (C=O) groups excluding carboxylic acids is 1. The molecule has 0 aliphatic heterocycles. The highest BCUT2D eigenvalue weighted by atomic mass is 32.1. The number of hydrogen-bond acceptors (Lipinski definition) is 3. The Morgan fingerprint density at radius 1 is 1.53 bits per heavy atom. The molecule has 0 spiro atoms. The van der Waals surface area contributed by atoms with Crippen molar-refractivity contribution in [2.24, 2.45) is 0 Å². The molecule has 0 unspecified atom stereocenters. The van der Waals surface area contributed by atoms with Crippen LogP contribution < -0.4 is 5.32 Å². The molecule has 1 heterocycles. The largest absolute Gasteiger partial charge is 0.444 e. The zero-order valence-electron chi connectivity index (χ0n) is 10.6. The van der Waals surface area contributed by atoms with E-state index < -0.39 is 5.60 Å². The molecule has 17 heavy (non-hydrogen) atoms. The van der Waals surface area contributed by atoms with E-state index in [9.17, 15) is 4.79 Å². The second-order valence-electron chi connectivity index (χ2n) is 5.45. The molecule has 3 nitrogen and oxygen atoms in total. The summed E-state index contributed by atoms with van der Waals surface area (Å²) in [6, 6.07) is 2.37. The molecule has 0 radical (unpaired) electrons. The molecule has 0 saturated carbocycles. The van der Waals surface area contributed by atoms with Gasteiger partial charge in [-0.2, -0.15) is 0 Å². The zero-order chi connectivity index (χ0) is 12.5. The molecule has 94 valence electrons. The summed E-state index contributed by atoms with van der Waals surface area (Å²) in [6.45, 7) is 5.64. The van der Waals surface area contributed by atoms with E-state index in [4.69, 9.17) is 4.74 Å². The first-order chi connectivity index (χ1) is 7.94. The number of nitrogens with one attached hydrogen (secondary N) is 1. The lowest BCUT2D eigenvalue weighted by molar-refractivity contribution is 0.0500. The van der Waals surface area contributed by atoms with Gasteiger partial charge < -0.3 is 10.1 Å². The van der Waals surface area contributed by atoms with Gasteiger partial charge >= 0.3 is 6.09 Å². The fraction of sp³-hybridized carbons (Fsp3) is 0.615. The summed E-state index contributed by atoms with van der Waals surface area (Å²) < 4.78 is 5.26. The van der Waals surface area contributed by atoms with Gasteiger partial charge in [0.15, 0.2) is 0 Å². The molecule has 0 aromatic carbocycles. The van der Waals surface area contributed by atoms with Crippen molar-refractivity contribution in [3.8, 4) is 0 Å². The van der Waals surface area contributed by atoms with E-state index in [1.54, 1.807) is 0 Å². The Kier molecular flexibility index (Phi) is 3.43. The van der Waals surface area contributed by atoms with E-state index in [2.05, 4.69) is 16.8 Å². The van der Waals surface area contributed by atoms with Crippen LogP contribution in [0.3, 0.4) is 0 Å². The Hall–Kier alpha value is -1.03. The first-order valence-electron chi connectivity index (χ1n) is 5.99.